The average molecular weight is 504 g/mol. The van der Waals surface area contributed by atoms with Crippen LogP contribution < -0.4 is 0 Å². The summed E-state index contributed by atoms with van der Waals surface area (Å²) in [6.07, 6.45) is 17.7. The zero-order valence-corrected chi connectivity index (χ0v) is 23.3. The molecular formula is C22H44Cl2NiZn. The number of hydrogen-bond acceptors (Lipinski definition) is 0. The third-order valence-electron chi connectivity index (χ3n) is 3.89. The Labute approximate surface area is 199 Å². The standard InChI is InChI=1S/C11H23Cl.C11H19Cl.Ni.Zn.H2/c2*1-3-4-5-6-7-8-9-10-11(2)12;;;/h11H,3-10H2,1-2H3;11H,3-5,8-10H2,1-2H3;;;1H. The summed E-state index contributed by atoms with van der Waals surface area (Å²) in [7, 11) is 0. The van der Waals surface area contributed by atoms with Gasteiger partial charge in [0.2, 0.25) is 0 Å². The van der Waals surface area contributed by atoms with E-state index >= 15 is 0 Å². The molecule has 0 aromatic carbocycles. The van der Waals surface area contributed by atoms with Crippen LogP contribution in [0, 0.1) is 11.8 Å². The Balaban J connectivity index is -0.000000108. The number of alkyl halides is 2. The molecule has 0 aliphatic heterocycles. The van der Waals surface area contributed by atoms with Gasteiger partial charge in [-0.25, -0.2) is 0 Å². The van der Waals surface area contributed by atoms with Crippen LogP contribution in [-0.4, -0.2) is 10.8 Å². The average Bonchev–Trinajstić information content (AvgIpc) is 2.53. The number of halogens is 2. The van der Waals surface area contributed by atoms with Crippen molar-refractivity contribution in [3.8, 4) is 11.8 Å². The van der Waals surface area contributed by atoms with Gasteiger partial charge in [0.15, 0.2) is 0 Å². The first-order chi connectivity index (χ1) is 11.5. The summed E-state index contributed by atoms with van der Waals surface area (Å²) in [5.41, 5.74) is 0. The summed E-state index contributed by atoms with van der Waals surface area (Å²) >= 11 is 11.6. The van der Waals surface area contributed by atoms with Crippen molar-refractivity contribution in [3.05, 3.63) is 0 Å². The summed E-state index contributed by atoms with van der Waals surface area (Å²) < 4.78 is 0. The third-order valence-corrected chi connectivity index (χ3v) is 4.33. The van der Waals surface area contributed by atoms with Crippen LogP contribution in [0.4, 0.5) is 0 Å². The van der Waals surface area contributed by atoms with E-state index < -0.39 is 0 Å². The van der Waals surface area contributed by atoms with Gasteiger partial charge in [-0.15, -0.1) is 35.0 Å². The Morgan fingerprint density at radius 3 is 1.50 bits per heavy atom. The molecular weight excluding hydrogens is 459 g/mol. The van der Waals surface area contributed by atoms with Crippen LogP contribution >= 0.6 is 23.2 Å². The fourth-order valence-electron chi connectivity index (χ4n) is 2.30. The molecule has 0 N–H and O–H groups in total. The minimum Gasteiger partial charge on any atom is -0.123 e. The second-order valence-corrected chi connectivity index (χ2v) is 8.31. The van der Waals surface area contributed by atoms with Crippen LogP contribution in [0.1, 0.15) is 119 Å². The van der Waals surface area contributed by atoms with Crippen molar-refractivity contribution in [3.63, 3.8) is 0 Å². The molecule has 2 atom stereocenters. The Morgan fingerprint density at radius 1 is 0.654 bits per heavy atom. The molecule has 0 radical (unpaired) electrons. The molecule has 0 aliphatic rings. The number of rotatable bonds is 13. The molecule has 26 heavy (non-hydrogen) atoms. The molecule has 0 saturated carbocycles. The van der Waals surface area contributed by atoms with Gasteiger partial charge < -0.3 is 0 Å². The summed E-state index contributed by atoms with van der Waals surface area (Å²) in [6.45, 7) is 8.57. The van der Waals surface area contributed by atoms with E-state index in [1.165, 1.54) is 64.2 Å². The predicted octanol–water partition coefficient (Wildman–Crippen LogP) is 8.97. The minimum atomic E-state index is 0. The zero-order valence-electron chi connectivity index (χ0n) is 17.8. The summed E-state index contributed by atoms with van der Waals surface area (Å²) in [4.78, 5) is 0. The first-order valence-electron chi connectivity index (χ1n) is 10.3. The van der Waals surface area contributed by atoms with Crippen LogP contribution in [0.5, 0.6) is 0 Å². The normalized spacial score (nSPS) is 11.6. The van der Waals surface area contributed by atoms with Gasteiger partial charge in [0, 0.05) is 61.0 Å². The van der Waals surface area contributed by atoms with E-state index in [0.29, 0.717) is 10.8 Å². The maximum atomic E-state index is 5.84. The van der Waals surface area contributed by atoms with Crippen molar-refractivity contribution >= 4 is 23.2 Å². The molecule has 0 heterocycles. The van der Waals surface area contributed by atoms with Crippen molar-refractivity contribution in [2.75, 3.05) is 0 Å². The molecule has 0 aromatic heterocycles. The molecule has 4 heteroatoms. The van der Waals surface area contributed by atoms with Crippen molar-refractivity contribution in [2.45, 2.75) is 128 Å². The molecule has 2 unspecified atom stereocenters. The van der Waals surface area contributed by atoms with Crippen LogP contribution in [-0.2, 0) is 36.0 Å². The molecule has 0 bridgehead atoms. The molecule has 0 aliphatic carbocycles. The Morgan fingerprint density at radius 2 is 1.04 bits per heavy atom. The largest absolute Gasteiger partial charge is 0.123 e. The first-order valence-corrected chi connectivity index (χ1v) is 11.2. The second kappa shape index (κ2) is 31.0. The molecule has 0 saturated heterocycles. The van der Waals surface area contributed by atoms with E-state index in [1.807, 2.05) is 6.92 Å². The van der Waals surface area contributed by atoms with Gasteiger partial charge in [-0.05, 0) is 39.5 Å². The van der Waals surface area contributed by atoms with E-state index in [1.54, 1.807) is 0 Å². The molecule has 158 valence electrons. The molecule has 0 nitrogen and oxygen atoms in total. The van der Waals surface area contributed by atoms with Crippen LogP contribution in [0.25, 0.3) is 0 Å². The van der Waals surface area contributed by atoms with E-state index in [4.69, 9.17) is 23.2 Å². The fraction of sp³-hybridized carbons (Fsp3) is 0.909. The third kappa shape index (κ3) is 40.1. The van der Waals surface area contributed by atoms with Gasteiger partial charge in [-0.3, -0.25) is 0 Å². The van der Waals surface area contributed by atoms with E-state index in [-0.39, 0.29) is 37.4 Å². The van der Waals surface area contributed by atoms with Gasteiger partial charge in [-0.2, -0.15) is 0 Å². The topological polar surface area (TPSA) is 0 Å². The van der Waals surface area contributed by atoms with Crippen molar-refractivity contribution in [1.82, 2.24) is 0 Å². The second-order valence-electron chi connectivity index (χ2n) is 6.82. The number of hydrogen-bond donors (Lipinski definition) is 0. The smallest absolute Gasteiger partial charge is 0.0308 e. The van der Waals surface area contributed by atoms with Crippen molar-refractivity contribution in [1.29, 1.82) is 0 Å². The van der Waals surface area contributed by atoms with Crippen LogP contribution in [0.2, 0.25) is 0 Å². The molecule has 0 aromatic rings. The van der Waals surface area contributed by atoms with Gasteiger partial charge >= 0.3 is 0 Å². The van der Waals surface area contributed by atoms with Crippen molar-refractivity contribution in [2.24, 2.45) is 0 Å². The zero-order chi connectivity index (χ0) is 18.5. The SMILES string of the molecule is CCCCC#CCCCC(C)Cl.CCCCCCCCCC(C)Cl.[HH].[Ni].[Zn]. The maximum absolute atomic E-state index is 5.84. The first kappa shape index (κ1) is 34.7. The maximum Gasteiger partial charge on any atom is 0.0308 e. The minimum absolute atomic E-state index is 0. The van der Waals surface area contributed by atoms with Crippen LogP contribution in [0.15, 0.2) is 0 Å². The van der Waals surface area contributed by atoms with Gasteiger partial charge in [-0.1, -0.05) is 65.2 Å². The van der Waals surface area contributed by atoms with E-state index in [9.17, 15) is 0 Å². The monoisotopic (exact) mass is 500 g/mol. The van der Waals surface area contributed by atoms with Gasteiger partial charge in [0.05, 0.1) is 0 Å². The van der Waals surface area contributed by atoms with Crippen LogP contribution in [0.3, 0.4) is 0 Å². The summed E-state index contributed by atoms with van der Waals surface area (Å²) in [6, 6.07) is 0. The van der Waals surface area contributed by atoms with E-state index in [2.05, 4.69) is 32.6 Å². The molecule has 0 fully saturated rings. The van der Waals surface area contributed by atoms with Gasteiger partial charge in [0.25, 0.3) is 0 Å². The van der Waals surface area contributed by atoms with E-state index in [0.717, 1.165) is 25.7 Å². The van der Waals surface area contributed by atoms with Gasteiger partial charge in [0.1, 0.15) is 0 Å². The Hall–Kier alpha value is 1.26. The van der Waals surface area contributed by atoms with Crippen molar-refractivity contribution < 1.29 is 37.4 Å². The quantitative estimate of drug-likeness (QED) is 0.102. The predicted molar refractivity (Wildman–Crippen MR) is 117 cm³/mol. The number of unbranched alkanes of at least 4 members (excludes halogenated alkanes) is 9. The molecule has 0 rings (SSSR count). The summed E-state index contributed by atoms with van der Waals surface area (Å²) in [5, 5.41) is 0.683. The Kier molecular flexibility index (Phi) is 41.4. The fourth-order valence-corrected chi connectivity index (χ4v) is 2.60. The Bertz CT molecular complexity index is 292. The molecule has 0 spiro atoms. The summed E-state index contributed by atoms with van der Waals surface area (Å²) in [5.74, 6) is 6.33. The molecule has 0 amide bonds.